The van der Waals surface area contributed by atoms with Gasteiger partial charge in [0.25, 0.3) is 0 Å². The van der Waals surface area contributed by atoms with Crippen molar-refractivity contribution in [1.29, 1.82) is 0 Å². The van der Waals surface area contributed by atoms with Gasteiger partial charge in [-0.1, -0.05) is 79.9 Å². The molecule has 2 nitrogen and oxygen atoms in total. The topological polar surface area (TPSA) is 24.1 Å². The molecule has 0 radical (unpaired) electrons. The van der Waals surface area contributed by atoms with Crippen LogP contribution in [0.1, 0.15) is 56.1 Å². The third-order valence-electron chi connectivity index (χ3n) is 5.05. The van der Waals surface area contributed by atoms with E-state index in [4.69, 9.17) is 0 Å². The van der Waals surface area contributed by atoms with E-state index in [1.54, 1.807) is 0 Å². The van der Waals surface area contributed by atoms with Crippen LogP contribution in [0.15, 0.2) is 60.7 Å². The molecule has 2 N–H and O–H groups in total. The van der Waals surface area contributed by atoms with E-state index in [1.807, 2.05) is 0 Å². The summed E-state index contributed by atoms with van der Waals surface area (Å²) < 4.78 is 0. The average Bonchev–Trinajstić information content (AvgIpc) is 2.72. The van der Waals surface area contributed by atoms with E-state index in [-0.39, 0.29) is 24.8 Å². The van der Waals surface area contributed by atoms with E-state index in [2.05, 4.69) is 71.3 Å². The van der Waals surface area contributed by atoms with Gasteiger partial charge in [-0.3, -0.25) is 0 Å². The Morgan fingerprint density at radius 1 is 0.414 bits per heavy atom. The third-order valence-corrected chi connectivity index (χ3v) is 5.05. The first-order chi connectivity index (χ1) is 13.4. The quantitative estimate of drug-likeness (QED) is 0.303. The Labute approximate surface area is 191 Å². The van der Waals surface area contributed by atoms with E-state index in [0.29, 0.717) is 0 Å². The summed E-state index contributed by atoms with van der Waals surface area (Å²) >= 11 is 0. The molecule has 2 aromatic carbocycles. The lowest BCUT2D eigenvalue weighted by Crippen LogP contribution is -2.19. The van der Waals surface area contributed by atoms with Gasteiger partial charge < -0.3 is 10.6 Å². The van der Waals surface area contributed by atoms with E-state index < -0.39 is 0 Å². The molecule has 2 aromatic rings. The highest BCUT2D eigenvalue weighted by Crippen LogP contribution is 2.06. The van der Waals surface area contributed by atoms with Crippen LogP contribution in [0.5, 0.6) is 0 Å². The smallest absolute Gasteiger partial charge is 0.000835 e. The molecule has 0 fully saturated rings. The van der Waals surface area contributed by atoms with Gasteiger partial charge in [-0.25, -0.2) is 0 Å². The zero-order valence-corrected chi connectivity index (χ0v) is 19.4. The van der Waals surface area contributed by atoms with Crippen LogP contribution in [-0.2, 0) is 12.8 Å². The molecule has 0 aliphatic carbocycles. The lowest BCUT2D eigenvalue weighted by atomic mass is 10.1. The summed E-state index contributed by atoms with van der Waals surface area (Å²) in [6, 6.07) is 21.6. The Morgan fingerprint density at radius 3 is 1.34 bits per heavy atom. The van der Waals surface area contributed by atoms with Crippen molar-refractivity contribution < 1.29 is 0 Å². The van der Waals surface area contributed by atoms with Crippen LogP contribution in [0, 0.1) is 0 Å². The molecule has 4 heteroatoms. The normalized spacial score (nSPS) is 10.2. The first-order valence-electron chi connectivity index (χ1n) is 10.9. The highest BCUT2D eigenvalue weighted by molar-refractivity contribution is 5.85. The minimum Gasteiger partial charge on any atom is -0.317 e. The van der Waals surface area contributed by atoms with E-state index in [0.717, 1.165) is 19.5 Å². The van der Waals surface area contributed by atoms with Crippen LogP contribution in [0.25, 0.3) is 0 Å². The second-order valence-corrected chi connectivity index (χ2v) is 7.45. The minimum atomic E-state index is 0. The highest BCUT2D eigenvalue weighted by Gasteiger charge is 1.95. The first kappa shape index (κ1) is 27.9. The van der Waals surface area contributed by atoms with Crippen LogP contribution in [-0.4, -0.2) is 26.2 Å². The Kier molecular flexibility index (Phi) is 19.5. The number of hydrogen-bond donors (Lipinski definition) is 2. The van der Waals surface area contributed by atoms with Gasteiger partial charge >= 0.3 is 0 Å². The van der Waals surface area contributed by atoms with Gasteiger partial charge in [0.05, 0.1) is 0 Å². The lowest BCUT2D eigenvalue weighted by Gasteiger charge is -2.06. The molecule has 0 spiro atoms. The van der Waals surface area contributed by atoms with Crippen molar-refractivity contribution >= 4 is 24.8 Å². The molecule has 0 aromatic heterocycles. The van der Waals surface area contributed by atoms with Crippen molar-refractivity contribution in [3.8, 4) is 0 Å². The van der Waals surface area contributed by atoms with Crippen molar-refractivity contribution in [3.05, 3.63) is 71.8 Å². The summed E-state index contributed by atoms with van der Waals surface area (Å²) in [5.41, 5.74) is 2.90. The largest absolute Gasteiger partial charge is 0.317 e. The zero-order valence-electron chi connectivity index (χ0n) is 17.8. The van der Waals surface area contributed by atoms with Gasteiger partial charge in [0.2, 0.25) is 0 Å². The SMILES string of the molecule is Cl.Cl.c1ccc(CCCCCNCCCCCCNCCc2ccccc2)cc1. The molecule has 0 bridgehead atoms. The molecular weight excluding hydrogens is 399 g/mol. The molecule has 164 valence electrons. The van der Waals surface area contributed by atoms with Gasteiger partial charge in [-0.15, -0.1) is 24.8 Å². The van der Waals surface area contributed by atoms with Gasteiger partial charge in [0, 0.05) is 0 Å². The summed E-state index contributed by atoms with van der Waals surface area (Å²) in [5.74, 6) is 0. The Bertz CT molecular complexity index is 512. The number of halogens is 2. The highest BCUT2D eigenvalue weighted by atomic mass is 35.5. The Hall–Kier alpha value is -1.06. The third kappa shape index (κ3) is 15.4. The monoisotopic (exact) mass is 438 g/mol. The average molecular weight is 440 g/mol. The van der Waals surface area contributed by atoms with Crippen molar-refractivity contribution in [3.63, 3.8) is 0 Å². The maximum absolute atomic E-state index is 3.60. The molecule has 29 heavy (non-hydrogen) atoms. The van der Waals surface area contributed by atoms with Crippen LogP contribution in [0.3, 0.4) is 0 Å². The maximum Gasteiger partial charge on any atom is -0.000835 e. The summed E-state index contributed by atoms with van der Waals surface area (Å²) in [5, 5.41) is 7.16. The Morgan fingerprint density at radius 2 is 0.828 bits per heavy atom. The van der Waals surface area contributed by atoms with Crippen molar-refractivity contribution in [2.24, 2.45) is 0 Å². The van der Waals surface area contributed by atoms with E-state index in [9.17, 15) is 0 Å². The van der Waals surface area contributed by atoms with E-state index >= 15 is 0 Å². The predicted molar refractivity (Wildman–Crippen MR) is 133 cm³/mol. The standard InChI is InChI=1S/C25H38N2.2ClH/c1(2-12-22-27-23-19-25-17-8-4-9-18-25)11-20-26-21-13-5-10-16-24-14-6-3-7-15-24;;/h3-4,6-9,14-15,17-18,26-27H,1-2,5,10-13,16,19-23H2;2*1H. The van der Waals surface area contributed by atoms with Crippen LogP contribution < -0.4 is 10.6 Å². The molecule has 0 amide bonds. The number of benzene rings is 2. The lowest BCUT2D eigenvalue weighted by molar-refractivity contribution is 0.549. The summed E-state index contributed by atoms with van der Waals surface area (Å²) in [6.45, 7) is 4.60. The van der Waals surface area contributed by atoms with Crippen LogP contribution in [0.2, 0.25) is 0 Å². The number of rotatable bonds is 16. The molecule has 2 rings (SSSR count). The van der Waals surface area contributed by atoms with Crippen molar-refractivity contribution in [1.82, 2.24) is 10.6 Å². The van der Waals surface area contributed by atoms with Crippen LogP contribution in [0.4, 0.5) is 0 Å². The van der Waals surface area contributed by atoms with Crippen molar-refractivity contribution in [2.75, 3.05) is 26.2 Å². The minimum absolute atomic E-state index is 0. The van der Waals surface area contributed by atoms with Gasteiger partial charge in [-0.05, 0) is 75.8 Å². The zero-order chi connectivity index (χ0) is 18.8. The fraction of sp³-hybridized carbons (Fsp3) is 0.520. The Balaban J connectivity index is 0.00000392. The maximum atomic E-state index is 3.60. The predicted octanol–water partition coefficient (Wildman–Crippen LogP) is 6.23. The first-order valence-corrected chi connectivity index (χ1v) is 10.9. The fourth-order valence-electron chi connectivity index (χ4n) is 3.38. The van der Waals surface area contributed by atoms with E-state index in [1.165, 1.54) is 75.6 Å². The molecule has 0 aliphatic rings. The number of aryl methyl sites for hydroxylation is 1. The molecule has 0 saturated heterocycles. The van der Waals surface area contributed by atoms with Gasteiger partial charge in [-0.2, -0.15) is 0 Å². The van der Waals surface area contributed by atoms with Crippen LogP contribution >= 0.6 is 24.8 Å². The second kappa shape index (κ2) is 20.2. The fourth-order valence-corrected chi connectivity index (χ4v) is 3.38. The molecule has 0 heterocycles. The molecular formula is C25H40Cl2N2. The summed E-state index contributed by atoms with van der Waals surface area (Å²) in [4.78, 5) is 0. The molecule has 0 aliphatic heterocycles. The molecule has 0 saturated carbocycles. The van der Waals surface area contributed by atoms with Gasteiger partial charge in [0.15, 0.2) is 0 Å². The number of unbranched alkanes of at least 4 members (excludes halogenated alkanes) is 5. The second-order valence-electron chi connectivity index (χ2n) is 7.45. The summed E-state index contributed by atoms with van der Waals surface area (Å²) in [7, 11) is 0. The number of nitrogens with one attached hydrogen (secondary N) is 2. The molecule has 0 unspecified atom stereocenters. The van der Waals surface area contributed by atoms with Gasteiger partial charge in [0.1, 0.15) is 0 Å². The van der Waals surface area contributed by atoms with Crippen molar-refractivity contribution in [2.45, 2.75) is 57.8 Å². The summed E-state index contributed by atoms with van der Waals surface area (Å²) in [6.07, 6.45) is 11.6. The number of hydrogen-bond acceptors (Lipinski definition) is 2. The molecule has 0 atom stereocenters.